The van der Waals surface area contributed by atoms with Gasteiger partial charge in [0.15, 0.2) is 12.1 Å². The van der Waals surface area contributed by atoms with Gasteiger partial charge >= 0.3 is 0 Å². The van der Waals surface area contributed by atoms with Gasteiger partial charge < -0.3 is 25.2 Å². The molecule has 0 aromatic carbocycles. The molecule has 0 aromatic rings. The molecule has 0 aliphatic carbocycles. The van der Waals surface area contributed by atoms with E-state index >= 15 is 0 Å². The zero-order valence-corrected chi connectivity index (χ0v) is 6.99. The van der Waals surface area contributed by atoms with Crippen LogP contribution in [0.1, 0.15) is 6.92 Å². The summed E-state index contributed by atoms with van der Waals surface area (Å²) in [6.45, 7) is 1.16. The smallest absolute Gasteiger partial charge is 0.184 e. The van der Waals surface area contributed by atoms with E-state index in [1.165, 1.54) is 0 Å². The number of ether oxygens (including phenoxy) is 1. The lowest BCUT2D eigenvalue weighted by Gasteiger charge is -2.37. The first-order chi connectivity index (χ1) is 5.95. The third-order valence-electron chi connectivity index (χ3n) is 1.99. The van der Waals surface area contributed by atoms with E-state index in [4.69, 9.17) is 15.3 Å². The quantitative estimate of drug-likeness (QED) is 0.362. The summed E-state index contributed by atoms with van der Waals surface area (Å²) in [5, 5.41) is 36.4. The lowest BCUT2D eigenvalue weighted by molar-refractivity contribution is -0.274. The van der Waals surface area contributed by atoms with Crippen LogP contribution in [0.4, 0.5) is 0 Å². The van der Waals surface area contributed by atoms with E-state index < -0.39 is 36.5 Å². The molecule has 0 bridgehead atoms. The maximum absolute atomic E-state index is 10.8. The molecule has 4 N–H and O–H groups in total. The highest BCUT2D eigenvalue weighted by Gasteiger charge is 2.44. The summed E-state index contributed by atoms with van der Waals surface area (Å²) < 4.78 is 4.59. The predicted molar refractivity (Wildman–Crippen MR) is 39.6 cm³/mol. The average Bonchev–Trinajstić information content (AvgIpc) is 2.07. The molecule has 6 heteroatoms. The Bertz CT molecular complexity index is 205. The van der Waals surface area contributed by atoms with Crippen molar-refractivity contribution < 1.29 is 30.0 Å². The van der Waals surface area contributed by atoms with Crippen LogP contribution < -0.4 is 0 Å². The van der Waals surface area contributed by atoms with Gasteiger partial charge in [-0.05, 0) is 6.92 Å². The Labute approximate surface area is 74.4 Å². The highest BCUT2D eigenvalue weighted by Crippen LogP contribution is 2.20. The first kappa shape index (κ1) is 10.6. The number of aliphatic hydroxyl groups excluding tert-OH is 4. The number of aliphatic hydroxyl groups is 4. The predicted octanol–water partition coefficient (Wildman–Crippen LogP) is -2.62. The maximum atomic E-state index is 10.8. The molecule has 0 aromatic heterocycles. The third kappa shape index (κ3) is 1.87. The number of ketones is 1. The molecule has 76 valence electrons. The standard InChI is InChI=1S/C7H12O6/c1-2(8)6-4(10)3(9)5(11)7(12)13-6/h3-7,9-12H,1H3/t3-,4-,5+,6+,7-/m1/s1. The Morgan fingerprint density at radius 1 is 1.08 bits per heavy atom. The number of carbonyl (C=O) groups is 1. The average molecular weight is 192 g/mol. The zero-order valence-electron chi connectivity index (χ0n) is 6.99. The lowest BCUT2D eigenvalue weighted by Crippen LogP contribution is -2.59. The van der Waals surface area contributed by atoms with E-state index in [0.29, 0.717) is 0 Å². The fourth-order valence-electron chi connectivity index (χ4n) is 1.20. The molecule has 13 heavy (non-hydrogen) atoms. The molecule has 1 rings (SSSR count). The van der Waals surface area contributed by atoms with Crippen molar-refractivity contribution in [1.82, 2.24) is 0 Å². The molecule has 0 spiro atoms. The van der Waals surface area contributed by atoms with Gasteiger partial charge in [-0.1, -0.05) is 0 Å². The fraction of sp³-hybridized carbons (Fsp3) is 0.857. The van der Waals surface area contributed by atoms with Crippen molar-refractivity contribution in [2.24, 2.45) is 0 Å². The summed E-state index contributed by atoms with van der Waals surface area (Å²) in [7, 11) is 0. The zero-order chi connectivity index (χ0) is 10.2. The van der Waals surface area contributed by atoms with Crippen LogP contribution >= 0.6 is 0 Å². The summed E-state index contributed by atoms with van der Waals surface area (Å²) in [4.78, 5) is 10.8. The van der Waals surface area contributed by atoms with Crippen molar-refractivity contribution in [2.75, 3.05) is 0 Å². The second kappa shape index (κ2) is 3.69. The Balaban J connectivity index is 2.76. The molecule has 0 amide bonds. The Morgan fingerprint density at radius 3 is 2.08 bits per heavy atom. The van der Waals surface area contributed by atoms with Crippen molar-refractivity contribution in [3.8, 4) is 0 Å². The maximum Gasteiger partial charge on any atom is 0.184 e. The van der Waals surface area contributed by atoms with Gasteiger partial charge in [0, 0.05) is 0 Å². The van der Waals surface area contributed by atoms with Crippen molar-refractivity contribution in [3.05, 3.63) is 0 Å². The minimum absolute atomic E-state index is 0.516. The Kier molecular flexibility index (Phi) is 2.99. The molecule has 1 fully saturated rings. The topological polar surface area (TPSA) is 107 Å². The van der Waals surface area contributed by atoms with Crippen LogP contribution in [0.5, 0.6) is 0 Å². The van der Waals surface area contributed by atoms with Crippen LogP contribution in [0.2, 0.25) is 0 Å². The molecule has 0 saturated carbocycles. The number of rotatable bonds is 1. The minimum Gasteiger partial charge on any atom is -0.387 e. The van der Waals surface area contributed by atoms with E-state index in [1.54, 1.807) is 0 Å². The Morgan fingerprint density at radius 2 is 1.62 bits per heavy atom. The van der Waals surface area contributed by atoms with Gasteiger partial charge in [-0.2, -0.15) is 0 Å². The molecule has 5 atom stereocenters. The van der Waals surface area contributed by atoms with Crippen LogP contribution in [0, 0.1) is 0 Å². The van der Waals surface area contributed by atoms with Crippen molar-refractivity contribution in [3.63, 3.8) is 0 Å². The second-order valence-corrected chi connectivity index (χ2v) is 3.03. The molecular weight excluding hydrogens is 180 g/mol. The summed E-state index contributed by atoms with van der Waals surface area (Å²) in [6.07, 6.45) is -7.60. The van der Waals surface area contributed by atoms with E-state index in [-0.39, 0.29) is 0 Å². The van der Waals surface area contributed by atoms with Crippen molar-refractivity contribution in [2.45, 2.75) is 37.6 Å². The summed E-state index contributed by atoms with van der Waals surface area (Å²) >= 11 is 0. The molecule has 1 heterocycles. The lowest BCUT2D eigenvalue weighted by atomic mass is 9.97. The molecule has 1 aliphatic heterocycles. The van der Waals surface area contributed by atoms with Gasteiger partial charge in [0.05, 0.1) is 0 Å². The first-order valence-electron chi connectivity index (χ1n) is 3.83. The van der Waals surface area contributed by atoms with E-state index in [2.05, 4.69) is 4.74 Å². The normalized spacial score (nSPS) is 46.1. The van der Waals surface area contributed by atoms with Crippen LogP contribution in [0.25, 0.3) is 0 Å². The molecular formula is C7H12O6. The van der Waals surface area contributed by atoms with Crippen molar-refractivity contribution in [1.29, 1.82) is 0 Å². The van der Waals surface area contributed by atoms with Gasteiger partial charge in [-0.15, -0.1) is 0 Å². The second-order valence-electron chi connectivity index (χ2n) is 3.03. The largest absolute Gasteiger partial charge is 0.387 e. The molecule has 6 nitrogen and oxygen atoms in total. The number of Topliss-reactive ketones (excluding diaryl/α,β-unsaturated/α-hetero) is 1. The van der Waals surface area contributed by atoms with Gasteiger partial charge in [-0.3, -0.25) is 4.79 Å². The van der Waals surface area contributed by atoms with Gasteiger partial charge in [0.1, 0.15) is 24.4 Å². The highest BCUT2D eigenvalue weighted by molar-refractivity contribution is 5.81. The number of hydrogen-bond donors (Lipinski definition) is 4. The van der Waals surface area contributed by atoms with E-state index in [9.17, 15) is 9.90 Å². The van der Waals surface area contributed by atoms with Crippen LogP contribution in [0.15, 0.2) is 0 Å². The van der Waals surface area contributed by atoms with Crippen LogP contribution in [-0.4, -0.2) is 56.9 Å². The summed E-state index contributed by atoms with van der Waals surface area (Å²) in [6, 6.07) is 0. The number of hydrogen-bond acceptors (Lipinski definition) is 6. The molecule has 1 saturated heterocycles. The monoisotopic (exact) mass is 192 g/mol. The SMILES string of the molecule is CC(=O)[C@@H]1O[C@@H](O)[C@@H](O)[C@H](O)[C@H]1O. The van der Waals surface area contributed by atoms with E-state index in [1.807, 2.05) is 0 Å². The van der Waals surface area contributed by atoms with Crippen LogP contribution in [0.3, 0.4) is 0 Å². The van der Waals surface area contributed by atoms with Crippen LogP contribution in [-0.2, 0) is 9.53 Å². The summed E-state index contributed by atoms with van der Waals surface area (Å²) in [5.74, 6) is -0.516. The summed E-state index contributed by atoms with van der Waals surface area (Å²) in [5.41, 5.74) is 0. The molecule has 1 aliphatic rings. The molecule has 0 radical (unpaired) electrons. The van der Waals surface area contributed by atoms with E-state index in [0.717, 1.165) is 6.92 Å². The van der Waals surface area contributed by atoms with Gasteiger partial charge in [0.25, 0.3) is 0 Å². The van der Waals surface area contributed by atoms with Gasteiger partial charge in [-0.25, -0.2) is 0 Å². The third-order valence-corrected chi connectivity index (χ3v) is 1.99. The van der Waals surface area contributed by atoms with Gasteiger partial charge in [0.2, 0.25) is 0 Å². The molecule has 0 unspecified atom stereocenters. The highest BCUT2D eigenvalue weighted by atomic mass is 16.6. The fourth-order valence-corrected chi connectivity index (χ4v) is 1.20. The number of carbonyl (C=O) groups excluding carboxylic acids is 1. The minimum atomic E-state index is -1.65. The Hall–Kier alpha value is -0.530. The first-order valence-corrected chi connectivity index (χ1v) is 3.83. The van der Waals surface area contributed by atoms with Crippen molar-refractivity contribution >= 4 is 5.78 Å².